The molecule has 0 amide bonds. The van der Waals surface area contributed by atoms with E-state index in [2.05, 4.69) is 17.7 Å². The SMILES string of the molecule is CCCCCC1CCC(C2CCC(c3ccc(CCOCF)c(F)c3)CC2)CC1.Fc1cc(OC(F)(F)C2CCC(F)CC2)cc(F)c1F. The van der Waals surface area contributed by atoms with Crippen LogP contribution in [0.25, 0.3) is 0 Å². The quantitative estimate of drug-likeness (QED) is 0.117. The van der Waals surface area contributed by atoms with Gasteiger partial charge in [-0.3, -0.25) is 0 Å². The fourth-order valence-electron chi connectivity index (χ4n) is 8.03. The predicted molar refractivity (Wildman–Crippen MR) is 175 cm³/mol. The molecular weight excluding hydrogens is 652 g/mol. The van der Waals surface area contributed by atoms with Gasteiger partial charge < -0.3 is 9.47 Å². The average molecular weight is 705 g/mol. The Balaban J connectivity index is 0.000000237. The second-order valence-electron chi connectivity index (χ2n) is 14.3. The van der Waals surface area contributed by atoms with Gasteiger partial charge in [-0.2, -0.15) is 8.78 Å². The monoisotopic (exact) mass is 704 g/mol. The van der Waals surface area contributed by atoms with Crippen LogP contribution < -0.4 is 4.74 Å². The Hall–Kier alpha value is -2.36. The van der Waals surface area contributed by atoms with E-state index in [0.29, 0.717) is 30.0 Å². The highest BCUT2D eigenvalue weighted by Crippen LogP contribution is 2.45. The number of alkyl halides is 4. The predicted octanol–water partition coefficient (Wildman–Crippen LogP) is 12.6. The van der Waals surface area contributed by atoms with Gasteiger partial charge in [-0.15, -0.1) is 0 Å². The van der Waals surface area contributed by atoms with Crippen molar-refractivity contribution in [3.05, 3.63) is 64.7 Å². The molecule has 0 aliphatic heterocycles. The highest BCUT2D eigenvalue weighted by molar-refractivity contribution is 5.28. The molecule has 3 saturated carbocycles. The van der Waals surface area contributed by atoms with Crippen LogP contribution in [0, 0.1) is 46.9 Å². The van der Waals surface area contributed by atoms with Gasteiger partial charge in [0.1, 0.15) is 17.7 Å². The van der Waals surface area contributed by atoms with Gasteiger partial charge in [-0.05, 0) is 111 Å². The molecular formula is C39H52F8O2. The molecule has 0 N–H and O–H groups in total. The molecule has 276 valence electrons. The Morgan fingerprint density at radius 3 is 1.92 bits per heavy atom. The molecule has 0 spiro atoms. The molecule has 10 heteroatoms. The largest absolute Gasteiger partial charge is 0.432 e. The summed E-state index contributed by atoms with van der Waals surface area (Å²) in [7, 11) is 0. The summed E-state index contributed by atoms with van der Waals surface area (Å²) in [6, 6.07) is 6.38. The van der Waals surface area contributed by atoms with Crippen molar-refractivity contribution >= 4 is 0 Å². The Labute approximate surface area is 286 Å². The van der Waals surface area contributed by atoms with Gasteiger partial charge in [0.25, 0.3) is 0 Å². The van der Waals surface area contributed by atoms with E-state index in [1.54, 1.807) is 6.07 Å². The van der Waals surface area contributed by atoms with Crippen LogP contribution in [0.15, 0.2) is 30.3 Å². The number of unbranched alkanes of at least 4 members (excludes halogenated alkanes) is 2. The normalized spacial score (nSPS) is 26.1. The molecule has 5 rings (SSSR count). The molecule has 0 saturated heterocycles. The van der Waals surface area contributed by atoms with Crippen LogP contribution in [0.3, 0.4) is 0 Å². The summed E-state index contributed by atoms with van der Waals surface area (Å²) in [4.78, 5) is 0. The van der Waals surface area contributed by atoms with Gasteiger partial charge in [0.2, 0.25) is 0 Å². The lowest BCUT2D eigenvalue weighted by atomic mass is 9.68. The fraction of sp³-hybridized carbons (Fsp3) is 0.692. The lowest BCUT2D eigenvalue weighted by molar-refractivity contribution is -0.223. The summed E-state index contributed by atoms with van der Waals surface area (Å²) in [6.07, 6.45) is 11.9. The van der Waals surface area contributed by atoms with Crippen LogP contribution in [-0.4, -0.2) is 25.7 Å². The second-order valence-corrected chi connectivity index (χ2v) is 14.3. The van der Waals surface area contributed by atoms with E-state index < -0.39 is 48.3 Å². The molecule has 0 bridgehead atoms. The third-order valence-corrected chi connectivity index (χ3v) is 11.0. The highest BCUT2D eigenvalue weighted by Gasteiger charge is 2.44. The van der Waals surface area contributed by atoms with Crippen LogP contribution in [0.1, 0.15) is 127 Å². The third-order valence-electron chi connectivity index (χ3n) is 11.0. The summed E-state index contributed by atoms with van der Waals surface area (Å²) in [5, 5.41) is 0. The maximum atomic E-state index is 14.4. The minimum absolute atomic E-state index is 0.00421. The summed E-state index contributed by atoms with van der Waals surface area (Å²) in [5.41, 5.74) is 1.78. The Bertz CT molecular complexity index is 1240. The summed E-state index contributed by atoms with van der Waals surface area (Å²) < 4.78 is 114. The van der Waals surface area contributed by atoms with Crippen LogP contribution in [0.2, 0.25) is 0 Å². The van der Waals surface area contributed by atoms with Crippen LogP contribution >= 0.6 is 0 Å². The number of benzene rings is 2. The van der Waals surface area contributed by atoms with E-state index in [4.69, 9.17) is 4.74 Å². The molecule has 2 nitrogen and oxygen atoms in total. The Kier molecular flexibility index (Phi) is 15.5. The van der Waals surface area contributed by atoms with E-state index in [1.807, 2.05) is 6.07 Å². The van der Waals surface area contributed by atoms with Gasteiger partial charge in [0.05, 0.1) is 12.5 Å². The van der Waals surface area contributed by atoms with Crippen molar-refractivity contribution in [1.29, 1.82) is 0 Å². The number of hydrogen-bond acceptors (Lipinski definition) is 2. The van der Waals surface area contributed by atoms with E-state index in [9.17, 15) is 35.1 Å². The average Bonchev–Trinajstić information content (AvgIpc) is 3.09. The summed E-state index contributed by atoms with van der Waals surface area (Å²) in [5.74, 6) is -3.83. The van der Waals surface area contributed by atoms with Crippen LogP contribution in [0.4, 0.5) is 35.1 Å². The topological polar surface area (TPSA) is 18.5 Å². The first kappa shape index (κ1) is 39.4. The van der Waals surface area contributed by atoms with Crippen molar-refractivity contribution in [2.45, 2.75) is 134 Å². The first-order chi connectivity index (χ1) is 23.5. The zero-order valence-corrected chi connectivity index (χ0v) is 28.6. The number of hydrogen-bond donors (Lipinski definition) is 0. The standard InChI is InChI=1S/C26H40F2O.C13H12F6O/c1-2-3-4-5-20-6-8-21(9-7-20)22-10-12-23(13-11-22)25-15-14-24(26(28)18-25)16-17-29-19-27;14-8-3-1-7(2-4-8)13(18,19)20-9-5-10(15)12(17)11(16)6-9/h14-15,18,20-23H,2-13,16-17,19H2,1H3;5-8H,1-4H2. The number of ether oxygens (including phenoxy) is 2. The van der Waals surface area contributed by atoms with Gasteiger partial charge in [-0.25, -0.2) is 26.3 Å². The summed E-state index contributed by atoms with van der Waals surface area (Å²) >= 11 is 0. The van der Waals surface area contributed by atoms with E-state index in [1.165, 1.54) is 77.0 Å². The fourth-order valence-corrected chi connectivity index (χ4v) is 8.03. The minimum Gasteiger partial charge on any atom is -0.432 e. The molecule has 0 radical (unpaired) electrons. The molecule has 2 aromatic carbocycles. The molecule has 3 aliphatic rings. The van der Waals surface area contributed by atoms with Crippen molar-refractivity contribution < 1.29 is 44.6 Å². The van der Waals surface area contributed by atoms with E-state index in [-0.39, 0.29) is 38.1 Å². The molecule has 49 heavy (non-hydrogen) atoms. The van der Waals surface area contributed by atoms with Crippen molar-refractivity contribution in [3.8, 4) is 5.75 Å². The summed E-state index contributed by atoms with van der Waals surface area (Å²) in [6.45, 7) is 1.72. The van der Waals surface area contributed by atoms with Gasteiger partial charge in [0.15, 0.2) is 24.3 Å². The highest BCUT2D eigenvalue weighted by atomic mass is 19.3. The lowest BCUT2D eigenvalue weighted by Gasteiger charge is -2.38. The maximum absolute atomic E-state index is 14.4. The zero-order chi connectivity index (χ0) is 35.4. The smallest absolute Gasteiger partial charge is 0.400 e. The number of halogens is 8. The van der Waals surface area contributed by atoms with Crippen molar-refractivity contribution in [2.24, 2.45) is 23.7 Å². The van der Waals surface area contributed by atoms with Gasteiger partial charge >= 0.3 is 6.11 Å². The van der Waals surface area contributed by atoms with Crippen molar-refractivity contribution in [2.75, 3.05) is 13.5 Å². The first-order valence-electron chi connectivity index (χ1n) is 18.3. The molecule has 3 aliphatic carbocycles. The molecule has 0 unspecified atom stereocenters. The zero-order valence-electron chi connectivity index (χ0n) is 28.6. The minimum atomic E-state index is -3.68. The molecule has 0 aromatic heterocycles. The van der Waals surface area contributed by atoms with E-state index in [0.717, 1.165) is 23.3 Å². The van der Waals surface area contributed by atoms with E-state index >= 15 is 0 Å². The van der Waals surface area contributed by atoms with Crippen molar-refractivity contribution in [1.82, 2.24) is 0 Å². The molecule has 0 heterocycles. The second kappa shape index (κ2) is 19.3. The van der Waals surface area contributed by atoms with Crippen LogP contribution in [0.5, 0.6) is 5.75 Å². The van der Waals surface area contributed by atoms with Gasteiger partial charge in [-0.1, -0.05) is 57.6 Å². The van der Waals surface area contributed by atoms with Gasteiger partial charge in [0, 0.05) is 12.1 Å². The molecule has 3 fully saturated rings. The molecule has 0 atom stereocenters. The number of rotatable bonds is 13. The molecule has 2 aromatic rings. The van der Waals surface area contributed by atoms with Crippen LogP contribution in [-0.2, 0) is 11.2 Å². The lowest BCUT2D eigenvalue weighted by Crippen LogP contribution is -2.37. The Morgan fingerprint density at radius 2 is 1.35 bits per heavy atom. The Morgan fingerprint density at radius 1 is 0.735 bits per heavy atom. The third kappa shape index (κ3) is 11.9. The maximum Gasteiger partial charge on any atom is 0.400 e. The first-order valence-corrected chi connectivity index (χ1v) is 18.3. The van der Waals surface area contributed by atoms with Crippen molar-refractivity contribution in [3.63, 3.8) is 0 Å².